The molecule has 36 heavy (non-hydrogen) atoms. The summed E-state index contributed by atoms with van der Waals surface area (Å²) in [7, 11) is -6.96. The molecule has 208 valence electrons. The number of nitrogens with one attached hydrogen (secondary N) is 4. The number of rotatable bonds is 16. The van der Waals surface area contributed by atoms with Gasteiger partial charge in [0, 0.05) is 0 Å². The van der Waals surface area contributed by atoms with Crippen molar-refractivity contribution in [1.82, 2.24) is 20.3 Å². The first-order valence-corrected chi connectivity index (χ1v) is 17.8. The summed E-state index contributed by atoms with van der Waals surface area (Å²) >= 11 is 12.9. The maximum atomic E-state index is 12.1. The van der Waals surface area contributed by atoms with E-state index in [4.69, 9.17) is 41.4 Å². The van der Waals surface area contributed by atoms with Crippen molar-refractivity contribution in [1.29, 1.82) is 0 Å². The highest BCUT2D eigenvalue weighted by molar-refractivity contribution is 8.13. The van der Waals surface area contributed by atoms with Gasteiger partial charge in [0.15, 0.2) is 0 Å². The van der Waals surface area contributed by atoms with Crippen LogP contribution in [0.2, 0.25) is 0 Å². The number of halogens is 2. The van der Waals surface area contributed by atoms with Crippen LogP contribution in [-0.2, 0) is 38.1 Å². The van der Waals surface area contributed by atoms with E-state index in [9.17, 15) is 19.2 Å². The lowest BCUT2D eigenvalue weighted by molar-refractivity contribution is -0.142. The zero-order valence-electron chi connectivity index (χ0n) is 20.4. The van der Waals surface area contributed by atoms with Gasteiger partial charge < -0.3 is 18.9 Å². The number of carbonyl (C=O) groups is 4. The Balaban J connectivity index is 3.55. The standard InChI is InChI=1S/C16H32Cl2N7O8P3/c1-5-30-13(26)9-19-35(20-10-14(27)31-6-2)23-34(17,18)24-36(25-35,21-11-15(28)32-7-3)22-12-16(29)33-8-4/h19-22H,5-12H2,1-4H3. The molecule has 0 radical (unpaired) electrons. The van der Waals surface area contributed by atoms with Crippen LogP contribution in [0.4, 0.5) is 0 Å². The Morgan fingerprint density at radius 3 is 1.11 bits per heavy atom. The van der Waals surface area contributed by atoms with Crippen molar-refractivity contribution in [3.8, 4) is 0 Å². The van der Waals surface area contributed by atoms with Crippen LogP contribution in [0, 0.1) is 0 Å². The fourth-order valence-corrected chi connectivity index (χ4v) is 15.0. The summed E-state index contributed by atoms with van der Waals surface area (Å²) in [6.45, 7) is 5.61. The van der Waals surface area contributed by atoms with Crippen LogP contribution in [0.15, 0.2) is 13.5 Å². The number of esters is 4. The lowest BCUT2D eigenvalue weighted by Gasteiger charge is -2.33. The quantitative estimate of drug-likeness (QED) is 0.113. The first-order valence-electron chi connectivity index (χ1n) is 10.9. The van der Waals surface area contributed by atoms with Gasteiger partial charge in [-0.2, -0.15) is 13.5 Å². The lowest BCUT2D eigenvalue weighted by atomic mass is 10.7. The highest BCUT2D eigenvalue weighted by Gasteiger charge is 2.37. The maximum Gasteiger partial charge on any atom is 0.320 e. The van der Waals surface area contributed by atoms with Gasteiger partial charge >= 0.3 is 23.9 Å². The van der Waals surface area contributed by atoms with Crippen LogP contribution in [0.25, 0.3) is 0 Å². The molecular weight excluding hydrogens is 582 g/mol. The van der Waals surface area contributed by atoms with E-state index in [1.165, 1.54) is 0 Å². The summed E-state index contributed by atoms with van der Waals surface area (Å²) in [6.07, 6.45) is 0. The molecule has 0 fully saturated rings. The van der Waals surface area contributed by atoms with Crippen molar-refractivity contribution < 1.29 is 38.1 Å². The van der Waals surface area contributed by atoms with E-state index in [0.717, 1.165) is 0 Å². The summed E-state index contributed by atoms with van der Waals surface area (Å²) in [4.78, 5) is 48.3. The molecule has 0 unspecified atom stereocenters. The maximum absolute atomic E-state index is 12.1. The van der Waals surface area contributed by atoms with Crippen LogP contribution in [0.3, 0.4) is 0 Å². The zero-order valence-corrected chi connectivity index (χ0v) is 24.6. The van der Waals surface area contributed by atoms with Crippen molar-refractivity contribution in [2.24, 2.45) is 13.5 Å². The largest absolute Gasteiger partial charge is 0.465 e. The predicted molar refractivity (Wildman–Crippen MR) is 138 cm³/mol. The Kier molecular flexibility index (Phi) is 14.7. The molecule has 0 atom stereocenters. The van der Waals surface area contributed by atoms with E-state index < -0.39 is 44.8 Å². The van der Waals surface area contributed by atoms with E-state index in [1.54, 1.807) is 27.7 Å². The number of hydrogen-bond donors (Lipinski definition) is 4. The normalized spacial score (nSPS) is 16.9. The first-order chi connectivity index (χ1) is 16.9. The fraction of sp³-hybridized carbons (Fsp3) is 0.750. The molecule has 1 rings (SSSR count). The van der Waals surface area contributed by atoms with Gasteiger partial charge in [0.05, 0.1) is 26.4 Å². The van der Waals surface area contributed by atoms with E-state index in [0.29, 0.717) is 0 Å². The first kappa shape index (κ1) is 33.0. The molecule has 0 aromatic rings. The van der Waals surface area contributed by atoms with Gasteiger partial charge in [-0.05, 0) is 50.2 Å². The average Bonchev–Trinajstić information content (AvgIpc) is 2.79. The monoisotopic (exact) mass is 613 g/mol. The summed E-state index contributed by atoms with van der Waals surface area (Å²) < 4.78 is 33.1. The predicted octanol–water partition coefficient (Wildman–Crippen LogP) is 2.93. The molecule has 15 nitrogen and oxygen atoms in total. The van der Waals surface area contributed by atoms with Gasteiger partial charge in [0.25, 0.3) is 5.91 Å². The van der Waals surface area contributed by atoms with Gasteiger partial charge in [-0.25, -0.2) is 20.3 Å². The van der Waals surface area contributed by atoms with E-state index in [-0.39, 0.29) is 52.6 Å². The topological polar surface area (TPSA) is 190 Å². The van der Waals surface area contributed by atoms with Crippen LogP contribution >= 0.6 is 43.4 Å². The van der Waals surface area contributed by atoms with Gasteiger partial charge in [0.1, 0.15) is 26.2 Å². The van der Waals surface area contributed by atoms with Crippen molar-refractivity contribution >= 4 is 67.3 Å². The number of carbonyl (C=O) groups excluding carboxylic acids is 4. The van der Waals surface area contributed by atoms with E-state index in [2.05, 4.69) is 33.9 Å². The molecule has 0 aromatic carbocycles. The minimum absolute atomic E-state index is 0.132. The lowest BCUT2D eigenvalue weighted by Crippen LogP contribution is -2.34. The molecule has 4 N–H and O–H groups in total. The Morgan fingerprint density at radius 1 is 0.556 bits per heavy atom. The highest BCUT2D eigenvalue weighted by Crippen LogP contribution is 2.78. The molecule has 0 amide bonds. The molecular formula is C16H32Cl2N7O8P3. The molecule has 0 aliphatic carbocycles. The molecule has 0 aromatic heterocycles. The SMILES string of the molecule is CCOC(=O)CNP1(NCC(=O)OCC)=NP(Cl)(Cl)=NP(NCC(=O)OCC)(NCC(=O)OCC)=N1. The number of nitrogens with zero attached hydrogens (tertiary/aromatic N) is 3. The van der Waals surface area contributed by atoms with Gasteiger partial charge in [-0.1, -0.05) is 0 Å². The third-order valence-corrected chi connectivity index (χ3v) is 14.4. The van der Waals surface area contributed by atoms with Crippen LogP contribution in [0.1, 0.15) is 27.7 Å². The van der Waals surface area contributed by atoms with Crippen molar-refractivity contribution in [3.63, 3.8) is 0 Å². The Morgan fingerprint density at radius 2 is 0.833 bits per heavy atom. The Labute approximate surface area is 219 Å². The third-order valence-electron chi connectivity index (χ3n) is 3.73. The molecule has 0 bridgehead atoms. The molecule has 1 heterocycles. The second kappa shape index (κ2) is 16.1. The Hall–Kier alpha value is -1.01. The smallest absolute Gasteiger partial charge is 0.320 e. The highest BCUT2D eigenvalue weighted by atomic mass is 35.9. The summed E-state index contributed by atoms with van der Waals surface area (Å²) in [6, 6.07) is 0. The molecule has 20 heteroatoms. The van der Waals surface area contributed by atoms with Crippen LogP contribution in [-0.4, -0.2) is 76.5 Å². The molecule has 0 saturated carbocycles. The summed E-state index contributed by atoms with van der Waals surface area (Å²) in [5.41, 5.74) is 0. The third kappa shape index (κ3) is 12.0. The van der Waals surface area contributed by atoms with Gasteiger partial charge in [-0.3, -0.25) is 19.2 Å². The minimum Gasteiger partial charge on any atom is -0.465 e. The van der Waals surface area contributed by atoms with Gasteiger partial charge in [0.2, 0.25) is 15.0 Å². The Bertz CT molecular complexity index is 876. The van der Waals surface area contributed by atoms with Gasteiger partial charge in [-0.15, -0.1) is 0 Å². The molecule has 1 aliphatic rings. The van der Waals surface area contributed by atoms with E-state index >= 15 is 0 Å². The summed E-state index contributed by atoms with van der Waals surface area (Å²) in [5.74, 6) is -6.04. The second-order valence-corrected chi connectivity index (χ2v) is 16.6. The number of hydrogen-bond acceptors (Lipinski definition) is 15. The molecule has 0 spiro atoms. The molecule has 0 saturated heterocycles. The minimum atomic E-state index is -3.54. The molecule has 1 aliphatic heterocycles. The number of ether oxygens (including phenoxy) is 4. The van der Waals surface area contributed by atoms with Crippen LogP contribution in [0.5, 0.6) is 0 Å². The van der Waals surface area contributed by atoms with E-state index in [1.807, 2.05) is 0 Å². The van der Waals surface area contributed by atoms with Crippen molar-refractivity contribution in [2.45, 2.75) is 27.7 Å². The average molecular weight is 614 g/mol. The van der Waals surface area contributed by atoms with Crippen molar-refractivity contribution in [3.05, 3.63) is 0 Å². The van der Waals surface area contributed by atoms with Crippen LogP contribution < -0.4 is 20.3 Å². The second-order valence-electron chi connectivity index (χ2n) is 6.49. The van der Waals surface area contributed by atoms with Crippen molar-refractivity contribution in [2.75, 3.05) is 52.6 Å². The zero-order chi connectivity index (χ0) is 27.2. The fourth-order valence-electron chi connectivity index (χ4n) is 2.46. The summed E-state index contributed by atoms with van der Waals surface area (Å²) in [5, 5.41) is 11.4.